The standard InChI is InChI=1S/C18H21FN4O2/c1-12-11-16(24)17(18(25)20-13-7-9-22(2)10-8-13)21-23(12)15-6-4-3-5-14(15)19/h3-6,11,13H,7-10H2,1-2H3,(H,20,25). The zero-order valence-electron chi connectivity index (χ0n) is 14.3. The molecule has 0 spiro atoms. The van der Waals surface area contributed by atoms with Crippen LogP contribution in [0.2, 0.25) is 0 Å². The largest absolute Gasteiger partial charge is 0.348 e. The van der Waals surface area contributed by atoms with Gasteiger partial charge in [-0.2, -0.15) is 5.10 Å². The number of benzene rings is 1. The molecule has 2 aromatic rings. The van der Waals surface area contributed by atoms with Crippen molar-refractivity contribution in [3.63, 3.8) is 0 Å². The summed E-state index contributed by atoms with van der Waals surface area (Å²) in [4.78, 5) is 26.9. The number of hydrogen-bond acceptors (Lipinski definition) is 4. The molecule has 6 nitrogen and oxygen atoms in total. The minimum absolute atomic E-state index is 0.0214. The Hall–Kier alpha value is -2.54. The highest BCUT2D eigenvalue weighted by Gasteiger charge is 2.22. The molecule has 1 aromatic heterocycles. The van der Waals surface area contributed by atoms with Crippen molar-refractivity contribution in [1.82, 2.24) is 20.0 Å². The van der Waals surface area contributed by atoms with E-state index in [1.807, 2.05) is 7.05 Å². The maximum absolute atomic E-state index is 14.1. The number of rotatable bonds is 3. The predicted octanol–water partition coefficient (Wildman–Crippen LogP) is 1.50. The molecule has 0 bridgehead atoms. The summed E-state index contributed by atoms with van der Waals surface area (Å²) in [5, 5.41) is 7.00. The molecule has 1 aliphatic heterocycles. The SMILES string of the molecule is Cc1cc(=O)c(C(=O)NC2CCN(C)CC2)nn1-c1ccccc1F. The zero-order valence-corrected chi connectivity index (χ0v) is 14.3. The Bertz CT molecular complexity index is 841. The van der Waals surface area contributed by atoms with E-state index in [2.05, 4.69) is 15.3 Å². The van der Waals surface area contributed by atoms with E-state index in [4.69, 9.17) is 0 Å². The lowest BCUT2D eigenvalue weighted by molar-refractivity contribution is 0.0908. The molecule has 0 radical (unpaired) electrons. The third-order valence-electron chi connectivity index (χ3n) is 4.46. The summed E-state index contributed by atoms with van der Waals surface area (Å²) in [7, 11) is 2.03. The van der Waals surface area contributed by atoms with Crippen LogP contribution >= 0.6 is 0 Å². The molecule has 0 saturated carbocycles. The zero-order chi connectivity index (χ0) is 18.0. The molecule has 25 heavy (non-hydrogen) atoms. The summed E-state index contributed by atoms with van der Waals surface area (Å²) in [5.41, 5.74) is -0.0115. The van der Waals surface area contributed by atoms with Crippen LogP contribution in [0.3, 0.4) is 0 Å². The summed E-state index contributed by atoms with van der Waals surface area (Å²) in [6, 6.07) is 7.45. The van der Waals surface area contributed by atoms with Gasteiger partial charge in [0.05, 0.1) is 0 Å². The normalized spacial score (nSPS) is 16.0. The number of halogens is 1. The summed E-state index contributed by atoms with van der Waals surface area (Å²) >= 11 is 0. The molecule has 1 aliphatic rings. The number of carbonyl (C=O) groups excluding carboxylic acids is 1. The van der Waals surface area contributed by atoms with Gasteiger partial charge in [-0.15, -0.1) is 0 Å². The number of aromatic nitrogens is 2. The number of carbonyl (C=O) groups is 1. The highest BCUT2D eigenvalue weighted by Crippen LogP contribution is 2.13. The molecule has 7 heteroatoms. The Labute approximate surface area is 145 Å². The van der Waals surface area contributed by atoms with E-state index < -0.39 is 17.2 Å². The second kappa shape index (κ2) is 7.14. The van der Waals surface area contributed by atoms with Crippen molar-refractivity contribution in [2.75, 3.05) is 20.1 Å². The predicted molar refractivity (Wildman–Crippen MR) is 92.5 cm³/mol. The van der Waals surface area contributed by atoms with Crippen LogP contribution in [-0.4, -0.2) is 46.8 Å². The maximum Gasteiger partial charge on any atom is 0.276 e. The fourth-order valence-electron chi connectivity index (χ4n) is 2.98. The van der Waals surface area contributed by atoms with Gasteiger partial charge in [0.15, 0.2) is 5.69 Å². The Morgan fingerprint density at radius 1 is 1.28 bits per heavy atom. The van der Waals surface area contributed by atoms with Crippen molar-refractivity contribution in [2.24, 2.45) is 0 Å². The van der Waals surface area contributed by atoms with E-state index in [9.17, 15) is 14.0 Å². The first-order valence-electron chi connectivity index (χ1n) is 8.31. The summed E-state index contributed by atoms with van der Waals surface area (Å²) < 4.78 is 15.3. The van der Waals surface area contributed by atoms with E-state index in [0.29, 0.717) is 5.69 Å². The second-order valence-corrected chi connectivity index (χ2v) is 6.41. The topological polar surface area (TPSA) is 67.2 Å². The summed E-state index contributed by atoms with van der Waals surface area (Å²) in [6.07, 6.45) is 1.66. The molecule has 2 heterocycles. The number of hydrogen-bond donors (Lipinski definition) is 1. The molecule has 0 unspecified atom stereocenters. The number of nitrogens with one attached hydrogen (secondary N) is 1. The lowest BCUT2D eigenvalue weighted by Crippen LogP contribution is -2.44. The smallest absolute Gasteiger partial charge is 0.276 e. The van der Waals surface area contributed by atoms with Gasteiger partial charge in [0.2, 0.25) is 5.43 Å². The molecule has 1 N–H and O–H groups in total. The van der Waals surface area contributed by atoms with Crippen LogP contribution in [0.4, 0.5) is 4.39 Å². The third-order valence-corrected chi connectivity index (χ3v) is 4.46. The molecule has 1 saturated heterocycles. The van der Waals surface area contributed by atoms with Crippen molar-refractivity contribution >= 4 is 5.91 Å². The lowest BCUT2D eigenvalue weighted by Gasteiger charge is -2.29. The van der Waals surface area contributed by atoms with Crippen molar-refractivity contribution in [3.8, 4) is 5.69 Å². The molecule has 0 aliphatic carbocycles. The fourth-order valence-corrected chi connectivity index (χ4v) is 2.98. The van der Waals surface area contributed by atoms with Gasteiger partial charge in [0.25, 0.3) is 5.91 Å². The van der Waals surface area contributed by atoms with Crippen LogP contribution < -0.4 is 10.7 Å². The van der Waals surface area contributed by atoms with Crippen LogP contribution in [-0.2, 0) is 0 Å². The first-order chi connectivity index (χ1) is 12.0. The van der Waals surface area contributed by atoms with Crippen molar-refractivity contribution in [2.45, 2.75) is 25.8 Å². The maximum atomic E-state index is 14.1. The fraction of sp³-hybridized carbons (Fsp3) is 0.389. The monoisotopic (exact) mass is 344 g/mol. The molecule has 1 fully saturated rings. The van der Waals surface area contributed by atoms with Gasteiger partial charge in [-0.1, -0.05) is 12.1 Å². The number of nitrogens with zero attached hydrogens (tertiary/aromatic N) is 3. The van der Waals surface area contributed by atoms with Crippen LogP contribution in [0.25, 0.3) is 5.69 Å². The van der Waals surface area contributed by atoms with Gasteiger partial charge in [0.1, 0.15) is 11.5 Å². The minimum Gasteiger partial charge on any atom is -0.348 e. The van der Waals surface area contributed by atoms with Gasteiger partial charge in [-0.05, 0) is 52.0 Å². The van der Waals surface area contributed by atoms with E-state index in [-0.39, 0.29) is 17.4 Å². The van der Waals surface area contributed by atoms with Gasteiger partial charge in [0, 0.05) is 17.8 Å². The molecule has 0 atom stereocenters. The number of piperidine rings is 1. The van der Waals surface area contributed by atoms with E-state index in [1.54, 1.807) is 25.1 Å². The molecule has 3 rings (SSSR count). The average molecular weight is 344 g/mol. The Kier molecular flexibility index (Phi) is 4.94. The molecule has 132 valence electrons. The van der Waals surface area contributed by atoms with Crippen LogP contribution in [0.5, 0.6) is 0 Å². The van der Waals surface area contributed by atoms with Gasteiger partial charge < -0.3 is 10.2 Å². The van der Waals surface area contributed by atoms with E-state index in [1.165, 1.54) is 16.8 Å². The Morgan fingerprint density at radius 2 is 1.96 bits per heavy atom. The first kappa shape index (κ1) is 17.3. The van der Waals surface area contributed by atoms with Gasteiger partial charge in [-0.25, -0.2) is 9.07 Å². The Morgan fingerprint density at radius 3 is 2.64 bits per heavy atom. The lowest BCUT2D eigenvalue weighted by atomic mass is 10.1. The highest BCUT2D eigenvalue weighted by atomic mass is 19.1. The first-order valence-corrected chi connectivity index (χ1v) is 8.31. The van der Waals surface area contributed by atoms with Crippen molar-refractivity contribution in [1.29, 1.82) is 0 Å². The second-order valence-electron chi connectivity index (χ2n) is 6.41. The van der Waals surface area contributed by atoms with Gasteiger partial charge in [-0.3, -0.25) is 9.59 Å². The number of para-hydroxylation sites is 1. The highest BCUT2D eigenvalue weighted by molar-refractivity contribution is 5.92. The molecular formula is C18H21FN4O2. The van der Waals surface area contributed by atoms with Crippen LogP contribution in [0.1, 0.15) is 29.0 Å². The van der Waals surface area contributed by atoms with Crippen LogP contribution in [0.15, 0.2) is 35.1 Å². The van der Waals surface area contributed by atoms with E-state index in [0.717, 1.165) is 25.9 Å². The third kappa shape index (κ3) is 3.76. The van der Waals surface area contributed by atoms with Crippen LogP contribution in [0, 0.1) is 12.7 Å². The Balaban J connectivity index is 1.89. The summed E-state index contributed by atoms with van der Waals surface area (Å²) in [5.74, 6) is -0.979. The number of amides is 1. The number of aryl methyl sites for hydroxylation is 1. The molecular weight excluding hydrogens is 323 g/mol. The summed E-state index contributed by atoms with van der Waals surface area (Å²) in [6.45, 7) is 3.44. The quantitative estimate of drug-likeness (QED) is 0.916. The minimum atomic E-state index is -0.510. The average Bonchev–Trinajstić information content (AvgIpc) is 2.58. The van der Waals surface area contributed by atoms with E-state index >= 15 is 0 Å². The molecule has 1 aromatic carbocycles. The van der Waals surface area contributed by atoms with Crippen molar-refractivity contribution < 1.29 is 9.18 Å². The van der Waals surface area contributed by atoms with Gasteiger partial charge >= 0.3 is 0 Å². The van der Waals surface area contributed by atoms with Crippen molar-refractivity contribution in [3.05, 3.63) is 57.8 Å². The number of likely N-dealkylation sites (tertiary alicyclic amines) is 1. The molecule has 1 amide bonds.